The van der Waals surface area contributed by atoms with Crippen molar-refractivity contribution in [1.82, 2.24) is 15.0 Å². The van der Waals surface area contributed by atoms with Crippen molar-refractivity contribution in [2.75, 3.05) is 0 Å². The standard InChI is InChI=1S/C58H35N3O/c1-2-16-36(17-3-1)55-59-56(61-57(60-55)47-25-5-4-20-40(47)38-32-33-53-48(35-38)45-24-9-13-31-52(45)62-53)39-19-14-18-37(34-39)41-26-15-27-46-44-23-8-12-30-51(44)58(54(41)46)49-28-10-6-21-42(49)43-22-7-11-29-50(43)58/h1-35H. The van der Waals surface area contributed by atoms with Crippen LogP contribution in [-0.2, 0) is 5.41 Å². The van der Waals surface area contributed by atoms with Crippen LogP contribution in [0, 0.1) is 0 Å². The maximum absolute atomic E-state index is 6.20. The van der Waals surface area contributed by atoms with Gasteiger partial charge in [0.15, 0.2) is 17.5 Å². The molecule has 2 heterocycles. The average Bonchev–Trinajstić information content (AvgIpc) is 3.98. The van der Waals surface area contributed by atoms with Crippen molar-refractivity contribution in [2.24, 2.45) is 0 Å². The van der Waals surface area contributed by atoms with Gasteiger partial charge >= 0.3 is 0 Å². The molecule has 62 heavy (non-hydrogen) atoms. The van der Waals surface area contributed by atoms with Crippen LogP contribution in [0.3, 0.4) is 0 Å². The molecule has 1 spiro atoms. The number of para-hydroxylation sites is 1. The second-order valence-corrected chi connectivity index (χ2v) is 16.2. The Labute approximate surface area is 358 Å². The first-order valence-corrected chi connectivity index (χ1v) is 21.1. The predicted molar refractivity (Wildman–Crippen MR) is 251 cm³/mol. The molecule has 13 rings (SSSR count). The smallest absolute Gasteiger partial charge is 0.164 e. The summed E-state index contributed by atoms with van der Waals surface area (Å²) in [4.78, 5) is 15.7. The first-order chi connectivity index (χ1) is 30.7. The van der Waals surface area contributed by atoms with Gasteiger partial charge in [-0.1, -0.05) is 188 Å². The van der Waals surface area contributed by atoms with Gasteiger partial charge < -0.3 is 4.42 Å². The van der Waals surface area contributed by atoms with E-state index in [0.717, 1.165) is 55.3 Å². The summed E-state index contributed by atoms with van der Waals surface area (Å²) < 4.78 is 6.20. The van der Waals surface area contributed by atoms with Crippen LogP contribution in [0.15, 0.2) is 217 Å². The van der Waals surface area contributed by atoms with E-state index in [4.69, 9.17) is 19.4 Å². The first-order valence-electron chi connectivity index (χ1n) is 21.1. The molecule has 0 saturated carbocycles. The van der Waals surface area contributed by atoms with E-state index in [1.54, 1.807) is 0 Å². The van der Waals surface area contributed by atoms with Gasteiger partial charge in [-0.3, -0.25) is 0 Å². The monoisotopic (exact) mass is 789 g/mol. The van der Waals surface area contributed by atoms with Crippen molar-refractivity contribution >= 4 is 21.9 Å². The summed E-state index contributed by atoms with van der Waals surface area (Å²) in [7, 11) is 0. The third-order valence-electron chi connectivity index (χ3n) is 13.0. The summed E-state index contributed by atoms with van der Waals surface area (Å²) in [5, 5.41) is 2.17. The zero-order valence-electron chi connectivity index (χ0n) is 33.5. The molecule has 0 atom stereocenters. The number of hydrogen-bond donors (Lipinski definition) is 0. The lowest BCUT2D eigenvalue weighted by Gasteiger charge is -2.32. The van der Waals surface area contributed by atoms with Crippen molar-refractivity contribution in [2.45, 2.75) is 5.41 Å². The molecule has 0 unspecified atom stereocenters. The number of aromatic nitrogens is 3. The number of rotatable bonds is 5. The van der Waals surface area contributed by atoms with Crippen LogP contribution in [-0.4, -0.2) is 15.0 Å². The molecule has 2 aliphatic rings. The molecule has 2 aliphatic carbocycles. The van der Waals surface area contributed by atoms with Crippen molar-refractivity contribution in [3.8, 4) is 78.7 Å². The zero-order chi connectivity index (χ0) is 40.8. The van der Waals surface area contributed by atoms with Crippen LogP contribution in [0.4, 0.5) is 0 Å². The molecule has 4 heteroatoms. The molecule has 0 radical (unpaired) electrons. The fourth-order valence-corrected chi connectivity index (χ4v) is 10.4. The van der Waals surface area contributed by atoms with Gasteiger partial charge in [-0.05, 0) is 91.0 Å². The first kappa shape index (κ1) is 34.6. The van der Waals surface area contributed by atoms with Crippen LogP contribution in [0.2, 0.25) is 0 Å². The Morgan fingerprint density at radius 1 is 0.290 bits per heavy atom. The summed E-state index contributed by atoms with van der Waals surface area (Å²) in [6, 6.07) is 75.6. The van der Waals surface area contributed by atoms with Gasteiger partial charge in [0.05, 0.1) is 5.41 Å². The van der Waals surface area contributed by atoms with Gasteiger partial charge in [0.2, 0.25) is 0 Å². The van der Waals surface area contributed by atoms with Crippen LogP contribution >= 0.6 is 0 Å². The van der Waals surface area contributed by atoms with E-state index in [0.29, 0.717) is 17.5 Å². The Hall–Kier alpha value is -8.21. The summed E-state index contributed by atoms with van der Waals surface area (Å²) >= 11 is 0. The van der Waals surface area contributed by atoms with Gasteiger partial charge in [-0.15, -0.1) is 0 Å². The highest BCUT2D eigenvalue weighted by Gasteiger charge is 2.52. The second kappa shape index (κ2) is 13.4. The molecular weight excluding hydrogens is 755 g/mol. The topological polar surface area (TPSA) is 51.8 Å². The third-order valence-corrected chi connectivity index (χ3v) is 13.0. The molecular formula is C58H35N3O. The van der Waals surface area contributed by atoms with Crippen LogP contribution in [0.5, 0.6) is 0 Å². The van der Waals surface area contributed by atoms with Crippen molar-refractivity contribution in [3.63, 3.8) is 0 Å². The lowest BCUT2D eigenvalue weighted by atomic mass is 9.68. The summed E-state index contributed by atoms with van der Waals surface area (Å²) in [6.45, 7) is 0. The minimum absolute atomic E-state index is 0.470. The van der Waals surface area contributed by atoms with Crippen molar-refractivity contribution in [3.05, 3.63) is 235 Å². The van der Waals surface area contributed by atoms with Gasteiger partial charge in [0.1, 0.15) is 11.2 Å². The highest BCUT2D eigenvalue weighted by atomic mass is 16.3. The number of benzene rings is 9. The molecule has 4 nitrogen and oxygen atoms in total. The minimum Gasteiger partial charge on any atom is -0.456 e. The van der Waals surface area contributed by atoms with E-state index in [9.17, 15) is 0 Å². The average molecular weight is 790 g/mol. The SMILES string of the molecule is c1ccc(-c2nc(-c3cccc(-c4cccc5c4C4(c6ccccc6-c6ccccc64)c4ccccc4-5)c3)nc(-c3ccccc3-c3ccc4oc5ccccc5c4c3)n2)cc1. The van der Waals surface area contributed by atoms with E-state index < -0.39 is 5.41 Å². The maximum atomic E-state index is 6.20. The maximum Gasteiger partial charge on any atom is 0.164 e. The number of fused-ring (bicyclic) bond motifs is 13. The van der Waals surface area contributed by atoms with E-state index in [1.165, 1.54) is 50.1 Å². The molecule has 0 saturated heterocycles. The van der Waals surface area contributed by atoms with E-state index in [-0.39, 0.29) is 0 Å². The zero-order valence-corrected chi connectivity index (χ0v) is 33.5. The fraction of sp³-hybridized carbons (Fsp3) is 0.0172. The Balaban J connectivity index is 1.00. The van der Waals surface area contributed by atoms with Crippen molar-refractivity contribution < 1.29 is 4.42 Å². The normalized spacial score (nSPS) is 13.0. The Morgan fingerprint density at radius 2 is 0.774 bits per heavy atom. The summed E-state index contributed by atoms with van der Waals surface area (Å²) in [6.07, 6.45) is 0. The third kappa shape index (κ3) is 4.98. The molecule has 0 fully saturated rings. The number of furan rings is 1. The Kier molecular flexibility index (Phi) is 7.49. The number of nitrogens with zero attached hydrogens (tertiary/aromatic N) is 3. The summed E-state index contributed by atoms with van der Waals surface area (Å²) in [5.74, 6) is 1.85. The molecule has 0 amide bonds. The lowest BCUT2D eigenvalue weighted by Crippen LogP contribution is -2.26. The molecule has 288 valence electrons. The van der Waals surface area contributed by atoms with Crippen LogP contribution in [0.1, 0.15) is 22.3 Å². The van der Waals surface area contributed by atoms with Crippen LogP contribution in [0.25, 0.3) is 101 Å². The molecule has 0 aliphatic heterocycles. The second-order valence-electron chi connectivity index (χ2n) is 16.2. The van der Waals surface area contributed by atoms with E-state index >= 15 is 0 Å². The Morgan fingerprint density at radius 3 is 1.52 bits per heavy atom. The quantitative estimate of drug-likeness (QED) is 0.174. The molecule has 9 aromatic carbocycles. The van der Waals surface area contributed by atoms with E-state index in [1.807, 2.05) is 30.3 Å². The van der Waals surface area contributed by atoms with Gasteiger partial charge in [0, 0.05) is 27.5 Å². The Bertz CT molecular complexity index is 3540. The van der Waals surface area contributed by atoms with Gasteiger partial charge in [-0.25, -0.2) is 15.0 Å². The highest BCUT2D eigenvalue weighted by Crippen LogP contribution is 2.64. The van der Waals surface area contributed by atoms with Gasteiger partial charge in [0.25, 0.3) is 0 Å². The highest BCUT2D eigenvalue weighted by molar-refractivity contribution is 6.07. The lowest BCUT2D eigenvalue weighted by molar-refractivity contribution is 0.669. The fourth-order valence-electron chi connectivity index (χ4n) is 10.4. The molecule has 0 bridgehead atoms. The van der Waals surface area contributed by atoms with Crippen LogP contribution < -0.4 is 0 Å². The molecule has 0 N–H and O–H groups in total. The molecule has 11 aromatic rings. The van der Waals surface area contributed by atoms with Crippen molar-refractivity contribution in [1.29, 1.82) is 0 Å². The predicted octanol–water partition coefficient (Wildman–Crippen LogP) is 14.4. The minimum atomic E-state index is -0.470. The van der Waals surface area contributed by atoms with Gasteiger partial charge in [-0.2, -0.15) is 0 Å². The summed E-state index contributed by atoms with van der Waals surface area (Å²) in [5.41, 5.74) is 18.8. The number of hydrogen-bond acceptors (Lipinski definition) is 4. The largest absolute Gasteiger partial charge is 0.456 e. The molecule has 2 aromatic heterocycles. The van der Waals surface area contributed by atoms with E-state index in [2.05, 4.69) is 182 Å².